The molecule has 2 aliphatic heterocycles. The molecule has 9 rings (SSSR count). The first-order valence-corrected chi connectivity index (χ1v) is 21.5. The smallest absolute Gasteiger partial charge is 0.289 e. The number of piperidine rings is 1. The Hall–Kier alpha value is -6.66. The monoisotopic (exact) mass is 858 g/mol. The van der Waals surface area contributed by atoms with Gasteiger partial charge in [-0.2, -0.15) is 5.10 Å². The Morgan fingerprint density at radius 2 is 1.83 bits per heavy atom. The molecule has 1 aliphatic carbocycles. The van der Waals surface area contributed by atoms with Crippen LogP contribution in [-0.4, -0.2) is 105 Å². The fourth-order valence-corrected chi connectivity index (χ4v) is 8.61. The number of nitrogens with one attached hydrogen (secondary N) is 4. The van der Waals surface area contributed by atoms with Gasteiger partial charge < -0.3 is 39.3 Å². The minimum absolute atomic E-state index is 0.0140. The van der Waals surface area contributed by atoms with Crippen molar-refractivity contribution in [1.29, 1.82) is 0 Å². The van der Waals surface area contributed by atoms with E-state index in [1.807, 2.05) is 49.7 Å². The second-order valence-corrected chi connectivity index (χ2v) is 16.1. The third-order valence-corrected chi connectivity index (χ3v) is 11.9. The Morgan fingerprint density at radius 1 is 1.00 bits per heavy atom. The lowest BCUT2D eigenvalue weighted by Crippen LogP contribution is -2.52. The number of benzene rings is 2. The Balaban J connectivity index is 0.808. The summed E-state index contributed by atoms with van der Waals surface area (Å²) >= 11 is 0. The number of hydrogen-bond acceptors (Lipinski definition) is 13. The lowest BCUT2D eigenvalue weighted by atomic mass is 10.00. The van der Waals surface area contributed by atoms with Gasteiger partial charge in [-0.3, -0.25) is 24.5 Å². The van der Waals surface area contributed by atoms with Crippen molar-refractivity contribution in [2.24, 2.45) is 0 Å². The molecule has 1 unspecified atom stereocenters. The summed E-state index contributed by atoms with van der Waals surface area (Å²) in [5.41, 5.74) is 7.25. The summed E-state index contributed by atoms with van der Waals surface area (Å²) in [5, 5.41) is 19.2. The van der Waals surface area contributed by atoms with Gasteiger partial charge in [0.2, 0.25) is 17.6 Å². The average Bonchev–Trinajstić information content (AvgIpc) is 3.65. The molecule has 1 saturated heterocycles. The van der Waals surface area contributed by atoms with Crippen molar-refractivity contribution in [3.8, 4) is 16.9 Å². The molecule has 63 heavy (non-hydrogen) atoms. The molecule has 3 aliphatic rings. The molecule has 0 spiro atoms. The number of methoxy groups -OCH3 is 1. The number of H-pyrrole nitrogens is 1. The highest BCUT2D eigenvalue weighted by atomic mass is 16.5. The third kappa shape index (κ3) is 8.35. The number of aromatic amines is 1. The first-order chi connectivity index (χ1) is 30.6. The highest BCUT2D eigenvalue weighted by Gasteiger charge is 2.39. The van der Waals surface area contributed by atoms with E-state index in [1.165, 1.54) is 0 Å². The van der Waals surface area contributed by atoms with Crippen molar-refractivity contribution in [3.05, 3.63) is 76.1 Å². The number of ether oxygens (including phenoxy) is 3. The van der Waals surface area contributed by atoms with Crippen molar-refractivity contribution in [2.75, 3.05) is 45.4 Å². The van der Waals surface area contributed by atoms with E-state index in [9.17, 15) is 19.2 Å². The SMILES string of the molecule is CCn1nc(C2CC2)cc1Nc1nc(C(=O)NCCOCCOCCCc2cccc3c2CN(C2CCC(=O)NC2=O)C3=O)nc2[nH]c3cc(-c4c(C)noc4C)c(OC)cc3c12. The summed E-state index contributed by atoms with van der Waals surface area (Å²) in [6.45, 7) is 8.47. The lowest BCUT2D eigenvalue weighted by Gasteiger charge is -2.29. The molecule has 6 aromatic rings. The van der Waals surface area contributed by atoms with Crippen LogP contribution in [0.4, 0.5) is 11.6 Å². The van der Waals surface area contributed by atoms with Crippen LogP contribution < -0.4 is 20.7 Å². The quantitative estimate of drug-likeness (QED) is 0.0631. The van der Waals surface area contributed by atoms with E-state index in [4.69, 9.17) is 33.8 Å². The molecule has 1 atom stereocenters. The Morgan fingerprint density at radius 3 is 2.57 bits per heavy atom. The molecule has 0 bridgehead atoms. The van der Waals surface area contributed by atoms with Crippen molar-refractivity contribution in [2.45, 2.75) is 84.3 Å². The number of amides is 4. The fourth-order valence-electron chi connectivity index (χ4n) is 8.61. The van der Waals surface area contributed by atoms with E-state index in [-0.39, 0.29) is 37.2 Å². The van der Waals surface area contributed by atoms with Crippen molar-refractivity contribution in [1.82, 2.24) is 45.4 Å². The van der Waals surface area contributed by atoms with Crippen LogP contribution in [0.2, 0.25) is 0 Å². The van der Waals surface area contributed by atoms with Gasteiger partial charge in [-0.1, -0.05) is 17.3 Å². The molecule has 4 aromatic heterocycles. The number of carbonyl (C=O) groups excluding carboxylic acids is 4. The van der Waals surface area contributed by atoms with Gasteiger partial charge in [0, 0.05) is 66.7 Å². The van der Waals surface area contributed by atoms with Crippen LogP contribution in [0.25, 0.3) is 33.1 Å². The zero-order valence-electron chi connectivity index (χ0n) is 35.8. The summed E-state index contributed by atoms with van der Waals surface area (Å²) in [5.74, 6) is 1.60. The minimum Gasteiger partial charge on any atom is -0.496 e. The molecule has 18 heteroatoms. The zero-order chi connectivity index (χ0) is 43.8. The van der Waals surface area contributed by atoms with E-state index >= 15 is 0 Å². The van der Waals surface area contributed by atoms with E-state index in [0.29, 0.717) is 85.6 Å². The van der Waals surface area contributed by atoms with Crippen LogP contribution in [0.1, 0.15) is 94.2 Å². The first kappa shape index (κ1) is 41.7. The van der Waals surface area contributed by atoms with Crippen molar-refractivity contribution >= 4 is 57.2 Å². The van der Waals surface area contributed by atoms with Gasteiger partial charge in [0.05, 0.1) is 49.3 Å². The summed E-state index contributed by atoms with van der Waals surface area (Å²) in [6, 6.07) is 11.0. The predicted molar refractivity (Wildman–Crippen MR) is 231 cm³/mol. The van der Waals surface area contributed by atoms with Crippen LogP contribution >= 0.6 is 0 Å². The van der Waals surface area contributed by atoms with Gasteiger partial charge >= 0.3 is 0 Å². The van der Waals surface area contributed by atoms with E-state index < -0.39 is 17.9 Å². The number of hydrogen-bond donors (Lipinski definition) is 4. The number of fused-ring (bicyclic) bond motifs is 4. The van der Waals surface area contributed by atoms with Crippen molar-refractivity contribution < 1.29 is 37.9 Å². The van der Waals surface area contributed by atoms with Gasteiger partial charge in [-0.15, -0.1) is 0 Å². The highest BCUT2D eigenvalue weighted by molar-refractivity contribution is 6.14. The van der Waals surface area contributed by atoms with Crippen molar-refractivity contribution in [3.63, 3.8) is 0 Å². The molecule has 18 nitrogen and oxygen atoms in total. The Labute approximate surface area is 362 Å². The summed E-state index contributed by atoms with van der Waals surface area (Å²) in [6.07, 6.45) is 4.22. The summed E-state index contributed by atoms with van der Waals surface area (Å²) in [7, 11) is 1.62. The average molecular weight is 859 g/mol. The topological polar surface area (TPSA) is 221 Å². The molecule has 2 aromatic carbocycles. The van der Waals surface area contributed by atoms with Crippen LogP contribution in [0.3, 0.4) is 0 Å². The van der Waals surface area contributed by atoms with Crippen LogP contribution in [0.15, 0.2) is 40.9 Å². The molecule has 6 heterocycles. The Bertz CT molecular complexity index is 2730. The molecular formula is C45H50N10O8. The Kier molecular flexibility index (Phi) is 11.6. The van der Waals surface area contributed by atoms with E-state index in [2.05, 4.69) is 32.2 Å². The maximum absolute atomic E-state index is 13.6. The number of imide groups is 1. The van der Waals surface area contributed by atoms with Gasteiger partial charge in [-0.25, -0.2) is 14.6 Å². The largest absolute Gasteiger partial charge is 0.496 e. The first-order valence-electron chi connectivity index (χ1n) is 21.5. The number of nitrogens with zero attached hydrogens (tertiary/aromatic N) is 6. The zero-order valence-corrected chi connectivity index (χ0v) is 35.8. The second-order valence-electron chi connectivity index (χ2n) is 16.1. The molecule has 0 radical (unpaired) electrons. The van der Waals surface area contributed by atoms with Gasteiger partial charge in [0.15, 0.2) is 0 Å². The molecule has 328 valence electrons. The minimum atomic E-state index is -0.644. The van der Waals surface area contributed by atoms with Gasteiger partial charge in [0.1, 0.15) is 34.8 Å². The molecule has 4 N–H and O–H groups in total. The molecular weight excluding hydrogens is 809 g/mol. The predicted octanol–water partition coefficient (Wildman–Crippen LogP) is 5.39. The fraction of sp³-hybridized carbons (Fsp3) is 0.422. The highest BCUT2D eigenvalue weighted by Crippen LogP contribution is 2.43. The van der Waals surface area contributed by atoms with Gasteiger partial charge in [0.25, 0.3) is 11.8 Å². The van der Waals surface area contributed by atoms with Crippen LogP contribution in [0, 0.1) is 13.8 Å². The number of anilines is 2. The number of aromatic nitrogens is 6. The van der Waals surface area contributed by atoms with E-state index in [1.54, 1.807) is 18.1 Å². The summed E-state index contributed by atoms with van der Waals surface area (Å²) < 4.78 is 24.8. The van der Waals surface area contributed by atoms with Gasteiger partial charge in [-0.05, 0) is 82.2 Å². The van der Waals surface area contributed by atoms with Crippen LogP contribution in [-0.2, 0) is 38.6 Å². The molecule has 2 fully saturated rings. The van der Waals surface area contributed by atoms with E-state index in [0.717, 1.165) is 69.6 Å². The lowest BCUT2D eigenvalue weighted by molar-refractivity contribution is -0.136. The number of aryl methyl sites for hydroxylation is 4. The third-order valence-electron chi connectivity index (χ3n) is 11.9. The molecule has 1 saturated carbocycles. The maximum Gasteiger partial charge on any atom is 0.289 e. The number of carbonyl (C=O) groups is 4. The standard InChI is InChI=1S/C45H50N10O8/c1-5-55-36(22-32(52-55)27-11-12-27)48-41-39-29-21-35(60-4)30(38-24(2)53-63-25(38)3)20-33(29)47-40(39)50-42(51-41)44(58)46-15-17-62-19-18-61-16-7-9-26-8-6-10-28-31(26)23-54(45(28)59)34-13-14-37(56)49-43(34)57/h6,8,10,20-22,27,34H,5,7,9,11-19,23H2,1-4H3,(H,46,58)(H,49,56,57)(H2,47,48,50,51). The summed E-state index contributed by atoms with van der Waals surface area (Å²) in [4.78, 5) is 65.3. The van der Waals surface area contributed by atoms with Crippen LogP contribution in [0.5, 0.6) is 5.75 Å². The normalized spacial score (nSPS) is 16.3. The second kappa shape index (κ2) is 17.6. The maximum atomic E-state index is 13.6. The molecule has 4 amide bonds. The number of rotatable bonds is 18.